The Balaban J connectivity index is 1.65. The molecule has 0 N–H and O–H groups in total. The lowest BCUT2D eigenvalue weighted by Gasteiger charge is -2.47. The Kier molecular flexibility index (Phi) is 2.75. The van der Waals surface area contributed by atoms with Gasteiger partial charge in [-0.1, -0.05) is 27.7 Å². The average molecular weight is 264 g/mol. The molecule has 110 valence electrons. The summed E-state index contributed by atoms with van der Waals surface area (Å²) < 4.78 is 0. The van der Waals surface area contributed by atoms with Crippen molar-refractivity contribution in [2.75, 3.05) is 26.2 Å². The second kappa shape index (κ2) is 3.76. The summed E-state index contributed by atoms with van der Waals surface area (Å²) >= 11 is 0. The highest BCUT2D eigenvalue weighted by molar-refractivity contribution is 5.36. The molecular weight excluding hydrogens is 232 g/mol. The fraction of sp³-hybridized carbons (Fsp3) is 1.00. The van der Waals surface area contributed by atoms with Gasteiger partial charge in [-0.15, -0.1) is 0 Å². The van der Waals surface area contributed by atoms with Crippen molar-refractivity contribution < 1.29 is 0 Å². The molecule has 0 aromatic carbocycles. The molecule has 0 radical (unpaired) electrons. The van der Waals surface area contributed by atoms with E-state index in [-0.39, 0.29) is 5.54 Å². The van der Waals surface area contributed by atoms with Crippen molar-refractivity contribution in [3.8, 4) is 0 Å². The van der Waals surface area contributed by atoms with Gasteiger partial charge >= 0.3 is 0 Å². The topological polar surface area (TPSA) is 6.48 Å². The van der Waals surface area contributed by atoms with Crippen LogP contribution in [-0.2, 0) is 0 Å². The van der Waals surface area contributed by atoms with Crippen LogP contribution < -0.4 is 0 Å². The molecule has 0 bridgehead atoms. The third-order valence-corrected chi connectivity index (χ3v) is 6.97. The van der Waals surface area contributed by atoms with Gasteiger partial charge in [0.15, 0.2) is 0 Å². The van der Waals surface area contributed by atoms with E-state index >= 15 is 0 Å². The largest absolute Gasteiger partial charge is 0.296 e. The Morgan fingerprint density at radius 2 is 1.42 bits per heavy atom. The van der Waals surface area contributed by atoms with E-state index in [9.17, 15) is 0 Å². The predicted molar refractivity (Wildman–Crippen MR) is 81.4 cm³/mol. The van der Waals surface area contributed by atoms with Gasteiger partial charge in [0.2, 0.25) is 0 Å². The molecule has 2 nitrogen and oxygen atoms in total. The van der Waals surface area contributed by atoms with Gasteiger partial charge in [0.05, 0.1) is 0 Å². The van der Waals surface area contributed by atoms with Crippen molar-refractivity contribution in [3.05, 3.63) is 0 Å². The first-order chi connectivity index (χ1) is 8.62. The highest BCUT2D eigenvalue weighted by atomic mass is 15.3. The summed E-state index contributed by atoms with van der Waals surface area (Å²) in [5, 5.41) is 0. The van der Waals surface area contributed by atoms with Gasteiger partial charge in [0, 0.05) is 24.2 Å². The molecule has 2 heteroatoms. The van der Waals surface area contributed by atoms with Crippen LogP contribution in [0.5, 0.6) is 0 Å². The molecule has 1 heterocycles. The van der Waals surface area contributed by atoms with E-state index < -0.39 is 0 Å². The number of hydrogen-bond acceptors (Lipinski definition) is 2. The first-order valence-electron chi connectivity index (χ1n) is 8.13. The molecule has 19 heavy (non-hydrogen) atoms. The third-order valence-electron chi connectivity index (χ3n) is 6.97. The highest BCUT2D eigenvalue weighted by Gasteiger charge is 2.82. The molecule has 0 aromatic rings. The van der Waals surface area contributed by atoms with Crippen LogP contribution in [0.2, 0.25) is 0 Å². The van der Waals surface area contributed by atoms with Crippen LogP contribution in [-0.4, -0.2) is 47.1 Å². The van der Waals surface area contributed by atoms with Gasteiger partial charge in [0.1, 0.15) is 0 Å². The number of rotatable bonds is 2. The fourth-order valence-corrected chi connectivity index (χ4v) is 4.13. The zero-order chi connectivity index (χ0) is 14.1. The van der Waals surface area contributed by atoms with Crippen LogP contribution in [0.3, 0.4) is 0 Å². The van der Waals surface area contributed by atoms with Crippen LogP contribution >= 0.6 is 0 Å². The minimum atomic E-state index is 0.289. The van der Waals surface area contributed by atoms with Gasteiger partial charge in [-0.25, -0.2) is 0 Å². The summed E-state index contributed by atoms with van der Waals surface area (Å²) in [7, 11) is 0. The fourth-order valence-electron chi connectivity index (χ4n) is 4.13. The molecule has 0 spiro atoms. The Hall–Kier alpha value is -0.0800. The summed E-state index contributed by atoms with van der Waals surface area (Å²) in [6.07, 6.45) is 4.29. The molecule has 1 saturated heterocycles. The van der Waals surface area contributed by atoms with Gasteiger partial charge in [-0.05, 0) is 57.0 Å². The highest BCUT2D eigenvalue weighted by Crippen LogP contribution is 2.81. The van der Waals surface area contributed by atoms with E-state index in [1.807, 2.05) is 0 Å². The van der Waals surface area contributed by atoms with Gasteiger partial charge in [-0.2, -0.15) is 0 Å². The average Bonchev–Trinajstić information content (AvgIpc) is 3.03. The second-order valence-corrected chi connectivity index (χ2v) is 9.08. The summed E-state index contributed by atoms with van der Waals surface area (Å²) in [6, 6.07) is 0. The van der Waals surface area contributed by atoms with Crippen LogP contribution in [0.4, 0.5) is 0 Å². The van der Waals surface area contributed by atoms with E-state index in [2.05, 4.69) is 51.3 Å². The van der Waals surface area contributed by atoms with E-state index in [1.165, 1.54) is 45.4 Å². The molecule has 0 aromatic heterocycles. The number of hydrogen-bond donors (Lipinski definition) is 0. The van der Waals surface area contributed by atoms with Crippen molar-refractivity contribution in [3.63, 3.8) is 0 Å². The summed E-state index contributed by atoms with van der Waals surface area (Å²) in [5.41, 5.74) is 2.02. The van der Waals surface area contributed by atoms with Crippen LogP contribution in [0.25, 0.3) is 0 Å². The maximum atomic E-state index is 2.83. The lowest BCUT2D eigenvalue weighted by atomic mass is 9.75. The molecule has 3 aliphatic rings. The Morgan fingerprint density at radius 3 is 1.89 bits per heavy atom. The molecule has 3 rings (SSSR count). The Bertz CT molecular complexity index is 371. The zero-order valence-corrected chi connectivity index (χ0v) is 13.8. The predicted octanol–water partition coefficient (Wildman–Crippen LogP) is 3.37. The number of nitrogens with zero attached hydrogens (tertiary/aromatic N) is 2. The minimum absolute atomic E-state index is 0.289. The first kappa shape index (κ1) is 13.9. The number of fused-ring (bicyclic) bond motifs is 1. The lowest BCUT2D eigenvalue weighted by molar-refractivity contribution is 0.0241. The Labute approximate surface area is 119 Å². The molecule has 1 aliphatic heterocycles. The SMILES string of the molecule is CC(C)(C)C(C)(C)N1CCCN(C23CC2(C)C3)CC1. The van der Waals surface area contributed by atoms with Gasteiger partial charge < -0.3 is 0 Å². The van der Waals surface area contributed by atoms with Gasteiger partial charge in [0.25, 0.3) is 0 Å². The maximum Gasteiger partial charge on any atom is 0.0276 e. The standard InChI is InChI=1S/C17H32N2/c1-14(2,3)15(4,5)18-8-7-9-19(11-10-18)17-12-16(17,6)13-17/h7-13H2,1-6H3. The normalized spacial score (nSPS) is 40.7. The molecule has 2 saturated carbocycles. The molecule has 0 amide bonds. The van der Waals surface area contributed by atoms with E-state index in [4.69, 9.17) is 0 Å². The van der Waals surface area contributed by atoms with Crippen molar-refractivity contribution in [2.24, 2.45) is 10.8 Å². The quantitative estimate of drug-likeness (QED) is 0.754. The first-order valence-corrected chi connectivity index (χ1v) is 8.13. The summed E-state index contributed by atoms with van der Waals surface area (Å²) in [5.74, 6) is 0. The molecule has 0 unspecified atom stereocenters. The Morgan fingerprint density at radius 1 is 0.842 bits per heavy atom. The second-order valence-electron chi connectivity index (χ2n) is 9.08. The van der Waals surface area contributed by atoms with Crippen molar-refractivity contribution in [1.82, 2.24) is 9.80 Å². The van der Waals surface area contributed by atoms with E-state index in [1.54, 1.807) is 0 Å². The van der Waals surface area contributed by atoms with E-state index in [0.29, 0.717) is 11.0 Å². The van der Waals surface area contributed by atoms with E-state index in [0.717, 1.165) is 5.41 Å². The molecule has 3 fully saturated rings. The van der Waals surface area contributed by atoms with Crippen molar-refractivity contribution in [2.45, 2.75) is 71.9 Å². The molecule has 0 atom stereocenters. The minimum Gasteiger partial charge on any atom is -0.296 e. The monoisotopic (exact) mass is 264 g/mol. The smallest absolute Gasteiger partial charge is 0.0276 e. The zero-order valence-electron chi connectivity index (χ0n) is 13.8. The van der Waals surface area contributed by atoms with Crippen LogP contribution in [0.15, 0.2) is 0 Å². The summed E-state index contributed by atoms with van der Waals surface area (Å²) in [4.78, 5) is 5.57. The van der Waals surface area contributed by atoms with Crippen LogP contribution in [0, 0.1) is 10.8 Å². The van der Waals surface area contributed by atoms with Crippen molar-refractivity contribution >= 4 is 0 Å². The maximum absolute atomic E-state index is 2.83. The summed E-state index contributed by atoms with van der Waals surface area (Å²) in [6.45, 7) is 19.6. The molecular formula is C17H32N2. The lowest BCUT2D eigenvalue weighted by Crippen LogP contribution is -2.54. The van der Waals surface area contributed by atoms with Crippen molar-refractivity contribution in [1.29, 1.82) is 0 Å². The van der Waals surface area contributed by atoms with Gasteiger partial charge in [-0.3, -0.25) is 9.80 Å². The van der Waals surface area contributed by atoms with Crippen LogP contribution in [0.1, 0.15) is 60.8 Å². The third kappa shape index (κ3) is 1.90. The molecule has 2 aliphatic carbocycles.